The van der Waals surface area contributed by atoms with Crippen molar-refractivity contribution >= 4 is 28.3 Å². The van der Waals surface area contributed by atoms with Crippen molar-refractivity contribution in [2.24, 2.45) is 0 Å². The Bertz CT molecular complexity index is 1190. The van der Waals surface area contributed by atoms with Crippen molar-refractivity contribution in [3.63, 3.8) is 0 Å². The number of nitrogens with zero attached hydrogens (tertiary/aromatic N) is 1. The highest BCUT2D eigenvalue weighted by Gasteiger charge is 2.20. The number of ether oxygens (including phenoxy) is 2. The van der Waals surface area contributed by atoms with Crippen LogP contribution in [-0.2, 0) is 16.0 Å². The van der Waals surface area contributed by atoms with Crippen molar-refractivity contribution in [2.75, 3.05) is 45.2 Å². The molecule has 1 amide bonds. The number of hydrogen-bond acceptors (Lipinski definition) is 6. The SMILES string of the molecule is CCCCOc1cc(C(=O)OCCN(CC)CC)ccc1NC(=O)[C@@H](Cc1ccc2ccccc2c1)NC. The zero-order valence-corrected chi connectivity index (χ0v) is 23.1. The van der Waals surface area contributed by atoms with Gasteiger partial charge in [-0.05, 0) is 67.5 Å². The number of anilines is 1. The van der Waals surface area contributed by atoms with Gasteiger partial charge < -0.3 is 25.0 Å². The Morgan fingerprint density at radius 3 is 2.39 bits per heavy atom. The number of unbranched alkanes of at least 4 members (excludes halogenated alkanes) is 1. The lowest BCUT2D eigenvalue weighted by Crippen LogP contribution is -2.40. The average Bonchev–Trinajstić information content (AvgIpc) is 2.94. The maximum absolute atomic E-state index is 13.2. The summed E-state index contributed by atoms with van der Waals surface area (Å²) < 4.78 is 11.5. The molecule has 0 fully saturated rings. The van der Waals surface area contributed by atoms with Gasteiger partial charge in [0.2, 0.25) is 5.91 Å². The number of nitrogens with one attached hydrogen (secondary N) is 2. The highest BCUT2D eigenvalue weighted by Crippen LogP contribution is 2.27. The van der Waals surface area contributed by atoms with Crippen LogP contribution in [-0.4, -0.2) is 62.7 Å². The summed E-state index contributed by atoms with van der Waals surface area (Å²) in [4.78, 5) is 28.1. The van der Waals surface area contributed by atoms with E-state index in [1.807, 2.05) is 12.1 Å². The lowest BCUT2D eigenvalue weighted by atomic mass is 10.0. The number of esters is 1. The van der Waals surface area contributed by atoms with Crippen LogP contribution in [0.15, 0.2) is 60.7 Å². The van der Waals surface area contributed by atoms with Crippen LogP contribution in [0.4, 0.5) is 5.69 Å². The second-order valence-electron chi connectivity index (χ2n) is 9.29. The van der Waals surface area contributed by atoms with Crippen molar-refractivity contribution in [3.05, 3.63) is 71.8 Å². The molecule has 2 N–H and O–H groups in total. The molecule has 0 saturated heterocycles. The minimum atomic E-state index is -0.440. The summed E-state index contributed by atoms with van der Waals surface area (Å²) >= 11 is 0. The number of benzene rings is 3. The fourth-order valence-electron chi connectivity index (χ4n) is 4.24. The number of likely N-dealkylation sites (N-methyl/N-ethyl adjacent to an activating group) is 2. The molecular weight excluding hydrogens is 478 g/mol. The van der Waals surface area contributed by atoms with Crippen LogP contribution in [0.5, 0.6) is 5.75 Å². The monoisotopic (exact) mass is 519 g/mol. The van der Waals surface area contributed by atoms with Gasteiger partial charge in [-0.25, -0.2) is 4.79 Å². The van der Waals surface area contributed by atoms with Crippen molar-refractivity contribution in [1.82, 2.24) is 10.2 Å². The topological polar surface area (TPSA) is 79.9 Å². The summed E-state index contributed by atoms with van der Waals surface area (Å²) in [6.07, 6.45) is 2.38. The van der Waals surface area contributed by atoms with Gasteiger partial charge in [0.05, 0.1) is 23.9 Å². The fourth-order valence-corrected chi connectivity index (χ4v) is 4.24. The molecule has 7 heteroatoms. The quantitative estimate of drug-likeness (QED) is 0.210. The minimum absolute atomic E-state index is 0.171. The van der Waals surface area contributed by atoms with Gasteiger partial charge in [-0.15, -0.1) is 0 Å². The van der Waals surface area contributed by atoms with Gasteiger partial charge in [0.25, 0.3) is 0 Å². The number of fused-ring (bicyclic) bond motifs is 1. The van der Waals surface area contributed by atoms with Gasteiger partial charge in [-0.3, -0.25) is 4.79 Å². The first-order chi connectivity index (χ1) is 18.5. The van der Waals surface area contributed by atoms with Gasteiger partial charge >= 0.3 is 5.97 Å². The van der Waals surface area contributed by atoms with Crippen LogP contribution in [0.3, 0.4) is 0 Å². The van der Waals surface area contributed by atoms with Gasteiger partial charge in [-0.2, -0.15) is 0 Å². The first-order valence-electron chi connectivity index (χ1n) is 13.6. The first-order valence-corrected chi connectivity index (χ1v) is 13.6. The van der Waals surface area contributed by atoms with Crippen LogP contribution in [0.1, 0.15) is 49.5 Å². The smallest absolute Gasteiger partial charge is 0.338 e. The van der Waals surface area contributed by atoms with Crippen molar-refractivity contribution < 1.29 is 19.1 Å². The van der Waals surface area contributed by atoms with E-state index >= 15 is 0 Å². The summed E-state index contributed by atoms with van der Waals surface area (Å²) in [5.74, 6) is -0.110. The summed E-state index contributed by atoms with van der Waals surface area (Å²) in [6, 6.07) is 19.0. The molecule has 0 aliphatic carbocycles. The molecule has 0 aromatic heterocycles. The van der Waals surface area contributed by atoms with Gasteiger partial charge in [0.15, 0.2) is 0 Å². The molecule has 0 unspecified atom stereocenters. The van der Waals surface area contributed by atoms with E-state index in [0.717, 1.165) is 36.9 Å². The maximum atomic E-state index is 13.2. The van der Waals surface area contributed by atoms with Crippen LogP contribution in [0.25, 0.3) is 10.8 Å². The predicted molar refractivity (Wildman–Crippen MR) is 154 cm³/mol. The van der Waals surface area contributed by atoms with Gasteiger partial charge in [-0.1, -0.05) is 69.7 Å². The lowest BCUT2D eigenvalue weighted by Gasteiger charge is -2.19. The Hall–Kier alpha value is -3.42. The molecule has 1 atom stereocenters. The molecule has 3 rings (SSSR count). The maximum Gasteiger partial charge on any atom is 0.338 e. The third-order valence-electron chi connectivity index (χ3n) is 6.68. The molecule has 3 aromatic carbocycles. The van der Waals surface area contributed by atoms with Crippen molar-refractivity contribution in [3.8, 4) is 5.75 Å². The fraction of sp³-hybridized carbons (Fsp3) is 0.419. The number of hydrogen-bond donors (Lipinski definition) is 2. The average molecular weight is 520 g/mol. The first kappa shape index (κ1) is 29.1. The number of carbonyl (C=O) groups excluding carboxylic acids is 2. The number of carbonyl (C=O) groups is 2. The highest BCUT2D eigenvalue weighted by molar-refractivity contribution is 5.98. The van der Waals surface area contributed by atoms with E-state index in [1.165, 1.54) is 5.39 Å². The normalized spacial score (nSPS) is 11.9. The molecule has 0 saturated carbocycles. The second kappa shape index (κ2) is 15.1. The number of rotatable bonds is 15. The summed E-state index contributed by atoms with van der Waals surface area (Å²) in [7, 11) is 1.78. The molecular formula is C31H41N3O4. The molecule has 0 heterocycles. The Morgan fingerprint density at radius 1 is 0.921 bits per heavy atom. The van der Waals surface area contributed by atoms with Crippen LogP contribution >= 0.6 is 0 Å². The molecule has 0 aliphatic heterocycles. The van der Waals surface area contributed by atoms with E-state index in [4.69, 9.17) is 9.47 Å². The molecule has 0 spiro atoms. The summed E-state index contributed by atoms with van der Waals surface area (Å²) in [5.41, 5.74) is 2.00. The molecule has 0 bridgehead atoms. The Labute approximate surface area is 226 Å². The van der Waals surface area contributed by atoms with Crippen LogP contribution in [0, 0.1) is 0 Å². The second-order valence-corrected chi connectivity index (χ2v) is 9.29. The third kappa shape index (κ3) is 8.30. The summed E-state index contributed by atoms with van der Waals surface area (Å²) in [5, 5.41) is 8.44. The van der Waals surface area contributed by atoms with Gasteiger partial charge in [0, 0.05) is 6.54 Å². The molecule has 38 heavy (non-hydrogen) atoms. The van der Waals surface area contributed by atoms with Crippen LogP contribution < -0.4 is 15.4 Å². The molecule has 3 aromatic rings. The van der Waals surface area contributed by atoms with Crippen molar-refractivity contribution in [2.45, 2.75) is 46.1 Å². The van der Waals surface area contributed by atoms with E-state index in [-0.39, 0.29) is 5.91 Å². The van der Waals surface area contributed by atoms with E-state index in [9.17, 15) is 9.59 Å². The standard InChI is InChI=1S/C31H41N3O4/c1-5-8-18-37-29-22-26(31(36)38-19-17-34(6-2)7-3)15-16-27(29)33-30(35)28(32-4)21-23-13-14-24-11-9-10-12-25(24)20-23/h9-16,20,22,28,32H,5-8,17-19,21H2,1-4H3,(H,33,35)/t28-/m1/s1. The molecule has 7 nitrogen and oxygen atoms in total. The van der Waals surface area contributed by atoms with Crippen molar-refractivity contribution in [1.29, 1.82) is 0 Å². The molecule has 204 valence electrons. The Kier molecular flexibility index (Phi) is 11.6. The Balaban J connectivity index is 1.71. The number of amides is 1. The highest BCUT2D eigenvalue weighted by atomic mass is 16.5. The lowest BCUT2D eigenvalue weighted by molar-refractivity contribution is -0.118. The Morgan fingerprint density at radius 2 is 1.68 bits per heavy atom. The largest absolute Gasteiger partial charge is 0.491 e. The zero-order chi connectivity index (χ0) is 27.3. The van der Waals surface area contributed by atoms with E-state index < -0.39 is 12.0 Å². The predicted octanol–water partition coefficient (Wildman–Crippen LogP) is 5.29. The van der Waals surface area contributed by atoms with E-state index in [1.54, 1.807) is 25.2 Å². The van der Waals surface area contributed by atoms with E-state index in [0.29, 0.717) is 43.2 Å². The molecule has 0 aliphatic rings. The zero-order valence-electron chi connectivity index (χ0n) is 23.1. The molecule has 0 radical (unpaired) electrons. The summed E-state index contributed by atoms with van der Waals surface area (Å²) in [6.45, 7) is 9.57. The van der Waals surface area contributed by atoms with Gasteiger partial charge in [0.1, 0.15) is 12.4 Å². The van der Waals surface area contributed by atoms with Crippen LogP contribution in [0.2, 0.25) is 0 Å². The minimum Gasteiger partial charge on any atom is -0.491 e. The van der Waals surface area contributed by atoms with E-state index in [2.05, 4.69) is 66.6 Å². The third-order valence-corrected chi connectivity index (χ3v) is 6.68.